The van der Waals surface area contributed by atoms with Crippen LogP contribution < -0.4 is 4.90 Å². The molecule has 0 N–H and O–H groups in total. The van der Waals surface area contributed by atoms with Crippen molar-refractivity contribution in [3.05, 3.63) is 28.8 Å². The zero-order valence-corrected chi connectivity index (χ0v) is 10.2. The Balaban J connectivity index is 3.24. The number of nitrogens with zero attached hydrogens (tertiary/aromatic N) is 1. The van der Waals surface area contributed by atoms with Crippen LogP contribution in [0, 0.1) is 13.8 Å². The van der Waals surface area contributed by atoms with Crippen LogP contribution in [0.3, 0.4) is 0 Å². The van der Waals surface area contributed by atoms with E-state index in [1.807, 2.05) is 0 Å². The van der Waals surface area contributed by atoms with Crippen LogP contribution in [0.5, 0.6) is 0 Å². The first-order valence-electron chi connectivity index (χ1n) is 5.22. The lowest BCUT2D eigenvalue weighted by Crippen LogP contribution is -2.11. The molecule has 0 heterocycles. The van der Waals surface area contributed by atoms with E-state index in [2.05, 4.69) is 58.8 Å². The van der Waals surface area contributed by atoms with Crippen molar-refractivity contribution in [2.75, 3.05) is 19.0 Å². The fourth-order valence-electron chi connectivity index (χ4n) is 1.93. The van der Waals surface area contributed by atoms with Gasteiger partial charge in [0.25, 0.3) is 0 Å². The molecule has 0 fully saturated rings. The van der Waals surface area contributed by atoms with E-state index in [0.717, 1.165) is 0 Å². The van der Waals surface area contributed by atoms with Gasteiger partial charge in [-0.05, 0) is 42.5 Å². The minimum Gasteiger partial charge on any atom is -0.377 e. The molecule has 0 saturated heterocycles. The van der Waals surface area contributed by atoms with E-state index in [4.69, 9.17) is 0 Å². The highest BCUT2D eigenvalue weighted by atomic mass is 15.1. The number of benzene rings is 1. The average Bonchev–Trinajstić information content (AvgIpc) is 2.07. The highest BCUT2D eigenvalue weighted by molar-refractivity contribution is 5.56. The van der Waals surface area contributed by atoms with Gasteiger partial charge in [-0.1, -0.05) is 19.9 Å². The van der Waals surface area contributed by atoms with Crippen LogP contribution in [0.1, 0.15) is 36.5 Å². The molecule has 1 heteroatoms. The maximum atomic E-state index is 2.31. The van der Waals surface area contributed by atoms with Crippen molar-refractivity contribution < 1.29 is 0 Å². The van der Waals surface area contributed by atoms with Crippen molar-refractivity contribution in [2.24, 2.45) is 0 Å². The molecule has 0 radical (unpaired) electrons. The fraction of sp³-hybridized carbons (Fsp3) is 0.538. The first-order valence-corrected chi connectivity index (χ1v) is 5.22. The molecule has 1 aromatic rings. The van der Waals surface area contributed by atoms with E-state index < -0.39 is 0 Å². The van der Waals surface area contributed by atoms with Crippen molar-refractivity contribution in [1.29, 1.82) is 0 Å². The Morgan fingerprint density at radius 1 is 1.00 bits per heavy atom. The predicted octanol–water partition coefficient (Wildman–Crippen LogP) is 3.49. The number of rotatable bonds is 2. The van der Waals surface area contributed by atoms with Crippen molar-refractivity contribution in [3.63, 3.8) is 0 Å². The molecule has 0 aliphatic carbocycles. The summed E-state index contributed by atoms with van der Waals surface area (Å²) in [7, 11) is 4.19. The van der Waals surface area contributed by atoms with E-state index in [-0.39, 0.29) is 0 Å². The highest BCUT2D eigenvalue weighted by Gasteiger charge is 2.08. The summed E-state index contributed by atoms with van der Waals surface area (Å²) in [5, 5.41) is 0. The number of hydrogen-bond donors (Lipinski definition) is 0. The lowest BCUT2D eigenvalue weighted by Gasteiger charge is -2.19. The molecule has 0 aliphatic heterocycles. The van der Waals surface area contributed by atoms with Crippen LogP contribution in [0.2, 0.25) is 0 Å². The third-order valence-corrected chi connectivity index (χ3v) is 2.69. The minimum atomic E-state index is 0.616. The topological polar surface area (TPSA) is 3.24 Å². The van der Waals surface area contributed by atoms with E-state index in [1.165, 1.54) is 22.4 Å². The van der Waals surface area contributed by atoms with Crippen LogP contribution in [0.25, 0.3) is 0 Å². The maximum absolute atomic E-state index is 2.31. The summed E-state index contributed by atoms with van der Waals surface area (Å²) in [6.45, 7) is 8.87. The van der Waals surface area contributed by atoms with Crippen molar-refractivity contribution in [2.45, 2.75) is 33.6 Å². The number of aryl methyl sites for hydroxylation is 2. The molecule has 0 unspecified atom stereocenters. The van der Waals surface area contributed by atoms with E-state index in [0.29, 0.717) is 5.92 Å². The Hall–Kier alpha value is -0.980. The summed E-state index contributed by atoms with van der Waals surface area (Å²) < 4.78 is 0. The third-order valence-electron chi connectivity index (χ3n) is 2.69. The molecule has 0 spiro atoms. The summed E-state index contributed by atoms with van der Waals surface area (Å²) in [5.41, 5.74) is 5.55. The molecule has 14 heavy (non-hydrogen) atoms. The molecule has 0 aliphatic rings. The van der Waals surface area contributed by atoms with Gasteiger partial charge in [0, 0.05) is 19.8 Å². The molecule has 1 aromatic carbocycles. The lowest BCUT2D eigenvalue weighted by molar-refractivity contribution is 0.853. The fourth-order valence-corrected chi connectivity index (χ4v) is 1.93. The molecule has 78 valence electrons. The smallest absolute Gasteiger partial charge is 0.0393 e. The van der Waals surface area contributed by atoms with Gasteiger partial charge in [0.2, 0.25) is 0 Å². The summed E-state index contributed by atoms with van der Waals surface area (Å²) in [5.74, 6) is 0.616. The monoisotopic (exact) mass is 191 g/mol. The zero-order valence-electron chi connectivity index (χ0n) is 10.2. The second-order valence-corrected chi connectivity index (χ2v) is 4.54. The summed E-state index contributed by atoms with van der Waals surface area (Å²) in [6.07, 6.45) is 0. The molecular formula is C13H21N. The van der Waals surface area contributed by atoms with Crippen LogP contribution in [0.15, 0.2) is 12.1 Å². The summed E-state index contributed by atoms with van der Waals surface area (Å²) in [6, 6.07) is 4.60. The first kappa shape index (κ1) is 11.1. The minimum absolute atomic E-state index is 0.616. The van der Waals surface area contributed by atoms with Gasteiger partial charge in [0.1, 0.15) is 0 Å². The van der Waals surface area contributed by atoms with Crippen molar-refractivity contribution in [1.82, 2.24) is 0 Å². The maximum Gasteiger partial charge on any atom is 0.0393 e. The Morgan fingerprint density at radius 3 is 2.00 bits per heavy atom. The molecule has 0 atom stereocenters. The second kappa shape index (κ2) is 4.04. The molecule has 0 saturated carbocycles. The van der Waals surface area contributed by atoms with E-state index in [1.54, 1.807) is 0 Å². The second-order valence-electron chi connectivity index (χ2n) is 4.54. The molecule has 1 rings (SSSR count). The van der Waals surface area contributed by atoms with E-state index >= 15 is 0 Å². The van der Waals surface area contributed by atoms with Gasteiger partial charge in [-0.25, -0.2) is 0 Å². The van der Waals surface area contributed by atoms with Gasteiger partial charge in [-0.2, -0.15) is 0 Å². The normalized spacial score (nSPS) is 10.8. The molecule has 0 aromatic heterocycles. The Morgan fingerprint density at radius 2 is 1.57 bits per heavy atom. The summed E-state index contributed by atoms with van der Waals surface area (Å²) in [4.78, 5) is 2.17. The van der Waals surface area contributed by atoms with Gasteiger partial charge < -0.3 is 4.90 Å². The Kier molecular flexibility index (Phi) is 3.20. The van der Waals surface area contributed by atoms with Crippen molar-refractivity contribution >= 4 is 5.69 Å². The van der Waals surface area contributed by atoms with Crippen LogP contribution in [0.4, 0.5) is 5.69 Å². The van der Waals surface area contributed by atoms with Gasteiger partial charge >= 0.3 is 0 Å². The van der Waals surface area contributed by atoms with Crippen molar-refractivity contribution in [3.8, 4) is 0 Å². The van der Waals surface area contributed by atoms with Gasteiger partial charge in [-0.15, -0.1) is 0 Å². The third kappa shape index (κ3) is 2.09. The molecule has 1 nitrogen and oxygen atoms in total. The molecular weight excluding hydrogens is 170 g/mol. The van der Waals surface area contributed by atoms with Crippen LogP contribution in [-0.4, -0.2) is 14.1 Å². The standard InChI is InChI=1S/C13H21N/c1-9(2)12-7-11(4)13(14(5)6)8-10(12)3/h7-9H,1-6H3. The highest BCUT2D eigenvalue weighted by Crippen LogP contribution is 2.27. The molecule has 0 amide bonds. The molecule has 0 bridgehead atoms. The average molecular weight is 191 g/mol. The quantitative estimate of drug-likeness (QED) is 0.691. The van der Waals surface area contributed by atoms with Gasteiger partial charge in [0.05, 0.1) is 0 Å². The Labute approximate surface area is 87.7 Å². The predicted molar refractivity (Wildman–Crippen MR) is 64.3 cm³/mol. The van der Waals surface area contributed by atoms with Gasteiger partial charge in [0.15, 0.2) is 0 Å². The van der Waals surface area contributed by atoms with Crippen LogP contribution in [-0.2, 0) is 0 Å². The van der Waals surface area contributed by atoms with E-state index in [9.17, 15) is 0 Å². The SMILES string of the molecule is Cc1cc(N(C)C)c(C)cc1C(C)C. The van der Waals surface area contributed by atoms with Crippen LogP contribution >= 0.6 is 0 Å². The zero-order chi connectivity index (χ0) is 10.9. The lowest BCUT2D eigenvalue weighted by atomic mass is 9.95. The largest absolute Gasteiger partial charge is 0.377 e. The first-order chi connectivity index (χ1) is 6.43. The number of hydrogen-bond acceptors (Lipinski definition) is 1. The van der Waals surface area contributed by atoms with Gasteiger partial charge in [-0.3, -0.25) is 0 Å². The summed E-state index contributed by atoms with van der Waals surface area (Å²) >= 11 is 0. The number of anilines is 1. The Bertz CT molecular complexity index is 291.